The molecule has 21 heavy (non-hydrogen) atoms. The Balaban J connectivity index is 1.80. The van der Waals surface area contributed by atoms with Crippen LogP contribution in [0.2, 0.25) is 10.0 Å². The van der Waals surface area contributed by atoms with Gasteiger partial charge in [0.25, 0.3) is 5.91 Å². The molecule has 1 amide bonds. The number of hydrogen-bond acceptors (Lipinski definition) is 5. The molecule has 0 unspecified atom stereocenters. The zero-order chi connectivity index (χ0) is 14.8. The second kappa shape index (κ2) is 6.11. The number of amides is 1. The van der Waals surface area contributed by atoms with E-state index in [-0.39, 0.29) is 5.91 Å². The lowest BCUT2D eigenvalue weighted by Gasteiger charge is -2.00. The fourth-order valence-electron chi connectivity index (χ4n) is 1.61. The van der Waals surface area contributed by atoms with Gasteiger partial charge in [-0.1, -0.05) is 29.3 Å². The number of carbonyl (C=O) groups excluding carboxylic acids is 1. The van der Waals surface area contributed by atoms with Gasteiger partial charge in [-0.2, -0.15) is 0 Å². The van der Waals surface area contributed by atoms with Crippen LogP contribution >= 0.6 is 45.9 Å². The first-order valence-corrected chi connectivity index (χ1v) is 8.26. The quantitative estimate of drug-likeness (QED) is 0.732. The Labute approximate surface area is 138 Å². The summed E-state index contributed by atoms with van der Waals surface area (Å²) in [5.41, 5.74) is 3.19. The molecular weight excluding hydrogens is 349 g/mol. The predicted octanol–water partition coefficient (Wildman–Crippen LogP) is 4.83. The SMILES string of the molecule is O=C(Nc1nc(-c2ccc(Cl)c(Cl)c2)cs1)c1cncs1. The highest BCUT2D eigenvalue weighted by Crippen LogP contribution is 2.30. The molecule has 8 heteroatoms. The van der Waals surface area contributed by atoms with E-state index in [1.165, 1.54) is 28.9 Å². The molecule has 0 aliphatic rings. The Morgan fingerprint density at radius 3 is 2.76 bits per heavy atom. The van der Waals surface area contributed by atoms with E-state index in [1.54, 1.807) is 17.6 Å². The Bertz CT molecular complexity index is 787. The third kappa shape index (κ3) is 3.24. The predicted molar refractivity (Wildman–Crippen MR) is 87.6 cm³/mol. The summed E-state index contributed by atoms with van der Waals surface area (Å²) in [4.78, 5) is 20.7. The maximum absolute atomic E-state index is 11.9. The molecule has 2 aromatic heterocycles. The molecule has 4 nitrogen and oxygen atoms in total. The minimum Gasteiger partial charge on any atom is -0.297 e. The average Bonchev–Trinajstić information content (AvgIpc) is 3.12. The maximum atomic E-state index is 11.9. The van der Waals surface area contributed by atoms with E-state index >= 15 is 0 Å². The number of hydrogen-bond donors (Lipinski definition) is 1. The van der Waals surface area contributed by atoms with Crippen molar-refractivity contribution in [3.63, 3.8) is 0 Å². The minimum absolute atomic E-state index is 0.215. The smallest absolute Gasteiger partial charge is 0.269 e. The fraction of sp³-hybridized carbons (Fsp3) is 0. The van der Waals surface area contributed by atoms with Crippen molar-refractivity contribution < 1.29 is 4.79 Å². The first-order valence-electron chi connectivity index (χ1n) is 5.74. The third-order valence-corrected chi connectivity index (χ3v) is 4.86. The molecule has 0 fully saturated rings. The van der Waals surface area contributed by atoms with Crippen molar-refractivity contribution in [2.24, 2.45) is 0 Å². The number of halogens is 2. The van der Waals surface area contributed by atoms with Crippen LogP contribution in [0.3, 0.4) is 0 Å². The molecule has 0 radical (unpaired) electrons. The lowest BCUT2D eigenvalue weighted by molar-refractivity contribution is 0.103. The van der Waals surface area contributed by atoms with E-state index < -0.39 is 0 Å². The lowest BCUT2D eigenvalue weighted by Crippen LogP contribution is -2.09. The number of nitrogens with one attached hydrogen (secondary N) is 1. The van der Waals surface area contributed by atoms with Crippen LogP contribution in [0.5, 0.6) is 0 Å². The van der Waals surface area contributed by atoms with Gasteiger partial charge in [-0.25, -0.2) is 4.98 Å². The van der Waals surface area contributed by atoms with Gasteiger partial charge in [-0.05, 0) is 12.1 Å². The number of rotatable bonds is 3. The van der Waals surface area contributed by atoms with Gasteiger partial charge in [-0.3, -0.25) is 15.1 Å². The Morgan fingerprint density at radius 2 is 2.05 bits per heavy atom. The van der Waals surface area contributed by atoms with Crippen LogP contribution < -0.4 is 5.32 Å². The van der Waals surface area contributed by atoms with Crippen molar-refractivity contribution in [1.82, 2.24) is 9.97 Å². The van der Waals surface area contributed by atoms with Gasteiger partial charge >= 0.3 is 0 Å². The first-order chi connectivity index (χ1) is 10.1. The minimum atomic E-state index is -0.215. The van der Waals surface area contributed by atoms with Crippen LogP contribution in [0.1, 0.15) is 9.67 Å². The monoisotopic (exact) mass is 355 g/mol. The van der Waals surface area contributed by atoms with E-state index in [0.29, 0.717) is 20.1 Å². The third-order valence-electron chi connectivity index (χ3n) is 2.60. The van der Waals surface area contributed by atoms with Gasteiger partial charge in [0.1, 0.15) is 4.88 Å². The summed E-state index contributed by atoms with van der Waals surface area (Å²) in [5, 5.41) is 6.08. The molecule has 0 aliphatic heterocycles. The summed E-state index contributed by atoms with van der Waals surface area (Å²) in [6.45, 7) is 0. The Hall–Kier alpha value is -1.47. The lowest BCUT2D eigenvalue weighted by atomic mass is 10.2. The molecule has 0 saturated carbocycles. The summed E-state index contributed by atoms with van der Waals surface area (Å²) in [5.74, 6) is -0.215. The van der Waals surface area contributed by atoms with Gasteiger partial charge in [0.2, 0.25) is 0 Å². The number of carbonyl (C=O) groups is 1. The number of aromatic nitrogens is 2. The standard InChI is InChI=1S/C13H7Cl2N3OS2/c14-8-2-1-7(3-9(8)15)10-5-20-13(17-10)18-12(19)11-4-16-6-21-11/h1-6H,(H,17,18,19). The Morgan fingerprint density at radius 1 is 1.19 bits per heavy atom. The van der Waals surface area contributed by atoms with Gasteiger partial charge in [0.05, 0.1) is 27.4 Å². The maximum Gasteiger partial charge on any atom is 0.269 e. The van der Waals surface area contributed by atoms with Crippen molar-refractivity contribution in [1.29, 1.82) is 0 Å². The van der Waals surface area contributed by atoms with Crippen LogP contribution in [0.4, 0.5) is 5.13 Å². The number of nitrogens with zero attached hydrogens (tertiary/aromatic N) is 2. The average molecular weight is 356 g/mol. The molecule has 3 rings (SSSR count). The largest absolute Gasteiger partial charge is 0.297 e. The van der Waals surface area contributed by atoms with E-state index in [9.17, 15) is 4.79 Å². The highest BCUT2D eigenvalue weighted by molar-refractivity contribution is 7.14. The van der Waals surface area contributed by atoms with Crippen LogP contribution in [0.25, 0.3) is 11.3 Å². The highest BCUT2D eigenvalue weighted by atomic mass is 35.5. The molecule has 1 aromatic carbocycles. The van der Waals surface area contributed by atoms with Gasteiger partial charge in [0.15, 0.2) is 5.13 Å². The summed E-state index contributed by atoms with van der Waals surface area (Å²) in [6, 6.07) is 5.29. The molecule has 2 heterocycles. The van der Waals surface area contributed by atoms with Crippen LogP contribution in [0.15, 0.2) is 35.3 Å². The topological polar surface area (TPSA) is 54.9 Å². The van der Waals surface area contributed by atoms with Crippen molar-refractivity contribution in [3.05, 3.63) is 50.2 Å². The number of benzene rings is 1. The van der Waals surface area contributed by atoms with Crippen LogP contribution in [-0.2, 0) is 0 Å². The Kier molecular flexibility index (Phi) is 4.21. The molecule has 106 valence electrons. The van der Waals surface area contributed by atoms with E-state index in [2.05, 4.69) is 15.3 Å². The zero-order valence-corrected chi connectivity index (χ0v) is 13.5. The van der Waals surface area contributed by atoms with Gasteiger partial charge in [0, 0.05) is 10.9 Å². The van der Waals surface area contributed by atoms with Crippen molar-refractivity contribution in [2.45, 2.75) is 0 Å². The van der Waals surface area contributed by atoms with Crippen LogP contribution in [-0.4, -0.2) is 15.9 Å². The summed E-state index contributed by atoms with van der Waals surface area (Å²) >= 11 is 14.5. The molecule has 0 aliphatic carbocycles. The number of thiazole rings is 2. The molecule has 0 bridgehead atoms. The van der Waals surface area contributed by atoms with E-state index in [1.807, 2.05) is 11.4 Å². The first kappa shape index (κ1) is 14.5. The molecule has 0 spiro atoms. The van der Waals surface area contributed by atoms with Gasteiger partial charge in [-0.15, -0.1) is 22.7 Å². The summed E-state index contributed by atoms with van der Waals surface area (Å²) < 4.78 is 0. The highest BCUT2D eigenvalue weighted by Gasteiger charge is 2.11. The zero-order valence-electron chi connectivity index (χ0n) is 10.3. The van der Waals surface area contributed by atoms with Crippen LogP contribution in [0, 0.1) is 0 Å². The van der Waals surface area contributed by atoms with Crippen molar-refractivity contribution >= 4 is 56.9 Å². The second-order valence-electron chi connectivity index (χ2n) is 3.99. The van der Waals surface area contributed by atoms with Crippen molar-refractivity contribution in [3.8, 4) is 11.3 Å². The number of anilines is 1. The second-order valence-corrected chi connectivity index (χ2v) is 6.55. The van der Waals surface area contributed by atoms with E-state index in [4.69, 9.17) is 23.2 Å². The summed E-state index contributed by atoms with van der Waals surface area (Å²) in [7, 11) is 0. The molecule has 3 aromatic rings. The molecular formula is C13H7Cl2N3OS2. The molecule has 0 saturated heterocycles. The fourth-order valence-corrected chi connectivity index (χ4v) is 3.13. The normalized spacial score (nSPS) is 10.6. The van der Waals surface area contributed by atoms with E-state index in [0.717, 1.165) is 11.3 Å². The summed E-state index contributed by atoms with van der Waals surface area (Å²) in [6.07, 6.45) is 1.52. The van der Waals surface area contributed by atoms with Gasteiger partial charge < -0.3 is 0 Å². The van der Waals surface area contributed by atoms with Crippen molar-refractivity contribution in [2.75, 3.05) is 5.32 Å². The molecule has 0 atom stereocenters. The molecule has 1 N–H and O–H groups in total.